The van der Waals surface area contributed by atoms with Gasteiger partial charge < -0.3 is 9.57 Å². The van der Waals surface area contributed by atoms with Gasteiger partial charge >= 0.3 is 5.97 Å². The number of ether oxygens (including phenoxy) is 1. The maximum atomic E-state index is 11.5. The minimum absolute atomic E-state index is 0.0929. The fraction of sp³-hybridized carbons (Fsp3) is 0.308. The van der Waals surface area contributed by atoms with Gasteiger partial charge in [0.15, 0.2) is 0 Å². The van der Waals surface area contributed by atoms with Gasteiger partial charge in [-0.3, -0.25) is 4.79 Å². The van der Waals surface area contributed by atoms with Crippen LogP contribution in [-0.2, 0) is 25.8 Å². The van der Waals surface area contributed by atoms with Crippen molar-refractivity contribution in [2.75, 3.05) is 12.5 Å². The van der Waals surface area contributed by atoms with E-state index in [-0.39, 0.29) is 19.1 Å². The Bertz CT molecular complexity index is 500. The number of ketones is 1. The third kappa shape index (κ3) is 5.19. The molecule has 0 aliphatic heterocycles. The lowest BCUT2D eigenvalue weighted by Crippen LogP contribution is -2.27. The van der Waals surface area contributed by atoms with Crippen LogP contribution in [0.4, 0.5) is 0 Å². The molecule has 0 aromatic heterocycles. The number of carbonyl (C=O) groups excluding carboxylic acids is 2. The Morgan fingerprint density at radius 3 is 2.45 bits per heavy atom. The molecule has 0 heterocycles. The van der Waals surface area contributed by atoms with Crippen LogP contribution in [-0.4, -0.2) is 30.0 Å². The van der Waals surface area contributed by atoms with Gasteiger partial charge in [0.25, 0.3) is 0 Å². The van der Waals surface area contributed by atoms with Gasteiger partial charge in [-0.15, -0.1) is 11.6 Å². The van der Waals surface area contributed by atoms with Crippen LogP contribution in [0.1, 0.15) is 12.5 Å². The molecule has 1 aromatic carbocycles. The van der Waals surface area contributed by atoms with Crippen molar-refractivity contribution < 1.29 is 19.2 Å². The second-order valence-electron chi connectivity index (χ2n) is 3.62. The fourth-order valence-corrected chi connectivity index (χ4v) is 1.47. The van der Waals surface area contributed by atoms with E-state index in [4.69, 9.17) is 32.8 Å². The standard InChI is InChI=1S/C13H13Cl2NO4/c1-2-19-13(18)12(11(17)7-14)16-20-8-9-3-5-10(15)6-4-9/h3-6H,2,7-8H2,1H3. The Morgan fingerprint density at radius 2 is 1.90 bits per heavy atom. The average molecular weight is 318 g/mol. The summed E-state index contributed by atoms with van der Waals surface area (Å²) < 4.78 is 4.70. The SMILES string of the molecule is CCOC(=O)C(=NOCc1ccc(Cl)cc1)C(=O)CCl. The van der Waals surface area contributed by atoms with Crippen molar-refractivity contribution in [3.8, 4) is 0 Å². The van der Waals surface area contributed by atoms with Crippen LogP contribution >= 0.6 is 23.2 Å². The van der Waals surface area contributed by atoms with Crippen LogP contribution in [0.15, 0.2) is 29.4 Å². The number of Topliss-reactive ketones (excluding diaryl/α,β-unsaturated/α-hetero) is 1. The third-order valence-corrected chi connectivity index (χ3v) is 2.65. The maximum Gasteiger partial charge on any atom is 0.364 e. The summed E-state index contributed by atoms with van der Waals surface area (Å²) in [6.45, 7) is 1.84. The quantitative estimate of drug-likeness (QED) is 0.255. The van der Waals surface area contributed by atoms with Crippen molar-refractivity contribution in [1.82, 2.24) is 0 Å². The molecule has 0 aliphatic rings. The first-order chi connectivity index (χ1) is 9.58. The first-order valence-electron chi connectivity index (χ1n) is 5.79. The number of hydrogen-bond donors (Lipinski definition) is 0. The summed E-state index contributed by atoms with van der Waals surface area (Å²) in [7, 11) is 0. The zero-order chi connectivity index (χ0) is 15.0. The molecule has 0 unspecified atom stereocenters. The molecule has 20 heavy (non-hydrogen) atoms. The largest absolute Gasteiger partial charge is 0.461 e. The van der Waals surface area contributed by atoms with E-state index in [0.29, 0.717) is 5.02 Å². The van der Waals surface area contributed by atoms with E-state index < -0.39 is 17.5 Å². The van der Waals surface area contributed by atoms with Crippen molar-refractivity contribution in [2.45, 2.75) is 13.5 Å². The number of carbonyl (C=O) groups is 2. The number of alkyl halides is 1. The summed E-state index contributed by atoms with van der Waals surface area (Å²) in [5, 5.41) is 4.10. The Labute approximate surface area is 126 Å². The lowest BCUT2D eigenvalue weighted by molar-refractivity contribution is -0.136. The van der Waals surface area contributed by atoms with Crippen LogP contribution < -0.4 is 0 Å². The summed E-state index contributed by atoms with van der Waals surface area (Å²) in [6, 6.07) is 6.87. The van der Waals surface area contributed by atoms with Crippen molar-refractivity contribution in [1.29, 1.82) is 0 Å². The van der Waals surface area contributed by atoms with Gasteiger partial charge in [-0.05, 0) is 24.6 Å². The van der Waals surface area contributed by atoms with Gasteiger partial charge in [0.1, 0.15) is 6.61 Å². The van der Waals surface area contributed by atoms with E-state index in [0.717, 1.165) is 5.56 Å². The highest BCUT2D eigenvalue weighted by Crippen LogP contribution is 2.10. The Kier molecular flexibility index (Phi) is 7.04. The van der Waals surface area contributed by atoms with Gasteiger partial charge in [0.05, 0.1) is 12.5 Å². The molecule has 0 fully saturated rings. The highest BCUT2D eigenvalue weighted by atomic mass is 35.5. The predicted molar refractivity (Wildman–Crippen MR) is 76.0 cm³/mol. The molecule has 0 saturated carbocycles. The average Bonchev–Trinajstić information content (AvgIpc) is 2.45. The zero-order valence-electron chi connectivity index (χ0n) is 10.8. The second-order valence-corrected chi connectivity index (χ2v) is 4.32. The first kappa shape index (κ1) is 16.5. The molecule has 0 atom stereocenters. The molecule has 108 valence electrons. The highest BCUT2D eigenvalue weighted by molar-refractivity contribution is 6.67. The summed E-state index contributed by atoms with van der Waals surface area (Å²) in [6.07, 6.45) is 0. The molecular weight excluding hydrogens is 305 g/mol. The molecule has 5 nitrogen and oxygen atoms in total. The van der Waals surface area contributed by atoms with Crippen LogP contribution in [0.5, 0.6) is 0 Å². The van der Waals surface area contributed by atoms with E-state index in [1.165, 1.54) is 0 Å². The van der Waals surface area contributed by atoms with E-state index in [1.54, 1.807) is 31.2 Å². The molecular formula is C13H13Cl2NO4. The van der Waals surface area contributed by atoms with Crippen LogP contribution in [0.2, 0.25) is 5.02 Å². The number of nitrogens with zero attached hydrogens (tertiary/aromatic N) is 1. The lowest BCUT2D eigenvalue weighted by Gasteiger charge is -2.04. The maximum absolute atomic E-state index is 11.5. The monoisotopic (exact) mass is 317 g/mol. The smallest absolute Gasteiger partial charge is 0.364 e. The summed E-state index contributed by atoms with van der Waals surface area (Å²) in [5.74, 6) is -1.88. The Morgan fingerprint density at radius 1 is 1.25 bits per heavy atom. The Hall–Kier alpha value is -1.59. The Balaban J connectivity index is 2.69. The molecule has 0 bridgehead atoms. The molecule has 0 spiro atoms. The fourth-order valence-electron chi connectivity index (χ4n) is 1.22. The molecule has 1 rings (SSSR count). The molecule has 0 radical (unpaired) electrons. The van der Waals surface area contributed by atoms with Crippen molar-refractivity contribution in [3.05, 3.63) is 34.9 Å². The van der Waals surface area contributed by atoms with Crippen molar-refractivity contribution >= 4 is 40.7 Å². The second kappa shape index (κ2) is 8.55. The highest BCUT2D eigenvalue weighted by Gasteiger charge is 2.21. The molecule has 0 amide bonds. The van der Waals surface area contributed by atoms with Crippen LogP contribution in [0.3, 0.4) is 0 Å². The molecule has 0 saturated heterocycles. The van der Waals surface area contributed by atoms with Crippen LogP contribution in [0.25, 0.3) is 0 Å². The topological polar surface area (TPSA) is 65.0 Å². The van der Waals surface area contributed by atoms with Crippen molar-refractivity contribution in [3.63, 3.8) is 0 Å². The minimum Gasteiger partial charge on any atom is -0.461 e. The molecule has 0 N–H and O–H groups in total. The summed E-state index contributed by atoms with van der Waals surface area (Å²) in [5.41, 5.74) is 0.343. The number of rotatable bonds is 7. The summed E-state index contributed by atoms with van der Waals surface area (Å²) >= 11 is 11.1. The van der Waals surface area contributed by atoms with Gasteiger partial charge in [0, 0.05) is 5.02 Å². The number of halogens is 2. The first-order valence-corrected chi connectivity index (χ1v) is 6.70. The van der Waals surface area contributed by atoms with Gasteiger partial charge in [-0.2, -0.15) is 0 Å². The number of oxime groups is 1. The molecule has 7 heteroatoms. The molecule has 1 aromatic rings. The van der Waals surface area contributed by atoms with E-state index in [9.17, 15) is 9.59 Å². The molecule has 0 aliphatic carbocycles. The van der Waals surface area contributed by atoms with E-state index >= 15 is 0 Å². The van der Waals surface area contributed by atoms with Gasteiger partial charge in [0.2, 0.25) is 11.5 Å². The number of esters is 1. The lowest BCUT2D eigenvalue weighted by atomic mass is 10.2. The van der Waals surface area contributed by atoms with Crippen molar-refractivity contribution in [2.24, 2.45) is 5.16 Å². The predicted octanol–water partition coefficient (Wildman–Crippen LogP) is 2.58. The summed E-state index contributed by atoms with van der Waals surface area (Å²) in [4.78, 5) is 27.9. The number of hydrogen-bond acceptors (Lipinski definition) is 5. The zero-order valence-corrected chi connectivity index (χ0v) is 12.3. The number of benzene rings is 1. The normalized spacial score (nSPS) is 11.1. The van der Waals surface area contributed by atoms with E-state index in [2.05, 4.69) is 5.16 Å². The van der Waals surface area contributed by atoms with Crippen LogP contribution in [0, 0.1) is 0 Å². The van der Waals surface area contributed by atoms with E-state index in [1.807, 2.05) is 0 Å². The minimum atomic E-state index is -0.853. The van der Waals surface area contributed by atoms with Gasteiger partial charge in [-0.25, -0.2) is 4.79 Å². The third-order valence-electron chi connectivity index (χ3n) is 2.15. The van der Waals surface area contributed by atoms with Gasteiger partial charge in [-0.1, -0.05) is 28.9 Å².